The van der Waals surface area contributed by atoms with Crippen LogP contribution >= 0.6 is 0 Å². The Balaban J connectivity index is 1.12. The van der Waals surface area contributed by atoms with Crippen LogP contribution in [0.3, 0.4) is 0 Å². The molecule has 2 aromatic carbocycles. The number of fused-ring (bicyclic) bond motifs is 1. The molecule has 0 aliphatic carbocycles. The lowest BCUT2D eigenvalue weighted by molar-refractivity contribution is -0.328. The van der Waals surface area contributed by atoms with Gasteiger partial charge in [0.1, 0.15) is 67.1 Å². The zero-order valence-corrected chi connectivity index (χ0v) is 31.0. The minimum atomic E-state index is -1.67. The molecule has 4 aliphatic rings. The van der Waals surface area contributed by atoms with Crippen LogP contribution < -0.4 is 14.2 Å². The van der Waals surface area contributed by atoms with Gasteiger partial charge in [-0.1, -0.05) is 12.1 Å². The van der Waals surface area contributed by atoms with Crippen LogP contribution in [0.15, 0.2) is 30.3 Å². The Morgan fingerprint density at radius 1 is 0.679 bits per heavy atom. The smallest absolute Gasteiger partial charge is 0.186 e. The summed E-state index contributed by atoms with van der Waals surface area (Å²) in [5.74, 6) is 0.471. The van der Waals surface area contributed by atoms with Gasteiger partial charge in [-0.2, -0.15) is 0 Å². The third kappa shape index (κ3) is 8.87. The normalized spacial score (nSPS) is 38.5. The quantitative estimate of drug-likeness (QED) is 0.0898. The lowest BCUT2D eigenvalue weighted by Gasteiger charge is -2.42. The van der Waals surface area contributed by atoms with Gasteiger partial charge in [0, 0.05) is 5.56 Å². The number of methoxy groups -OCH3 is 2. The monoisotopic (exact) mass is 800 g/mol. The molecule has 0 aromatic heterocycles. The second-order valence-electron chi connectivity index (χ2n) is 14.4. The standard InChI is InChI=1S/C37H52O19/c1-15-25(40)28(43)31(46)37(54-15)53-14-24-27(42)29(44)32(47)36(55-24)50-8-4-5-16-9-18-19(12-51-35-30(45)26(41)21(39)13-52-35)33(56-34(18)23(10-16)49-3)17-6-7-20(38)22(11-17)48-2/h6-7,9-11,15,19,21,24-33,35-47H,4-5,8,12-14H2,1-3H3. The van der Waals surface area contributed by atoms with E-state index in [4.69, 9.17) is 42.6 Å². The van der Waals surface area contributed by atoms with E-state index >= 15 is 0 Å². The number of phenols is 1. The van der Waals surface area contributed by atoms with Crippen LogP contribution in [0.4, 0.5) is 0 Å². The molecule has 0 amide bonds. The fraction of sp³-hybridized carbons (Fsp3) is 0.676. The van der Waals surface area contributed by atoms with Crippen molar-refractivity contribution in [2.45, 2.75) is 118 Å². The van der Waals surface area contributed by atoms with Gasteiger partial charge in [0.05, 0.1) is 52.7 Å². The maximum Gasteiger partial charge on any atom is 0.186 e. The lowest BCUT2D eigenvalue weighted by atomic mass is 9.90. The molecule has 3 saturated heterocycles. The number of phenolic OH excluding ortho intramolecular Hbond substituents is 1. The Hall–Kier alpha value is -2.96. The zero-order chi connectivity index (χ0) is 40.4. The minimum absolute atomic E-state index is 0.0353. The molecule has 2 aromatic rings. The van der Waals surface area contributed by atoms with E-state index in [1.165, 1.54) is 27.2 Å². The van der Waals surface area contributed by atoms with Crippen LogP contribution in [0.5, 0.6) is 23.0 Å². The van der Waals surface area contributed by atoms with E-state index in [0.29, 0.717) is 35.5 Å². The fourth-order valence-electron chi connectivity index (χ4n) is 7.23. The number of hydrogen-bond donors (Lipinski definition) is 10. The third-order valence-electron chi connectivity index (χ3n) is 10.6. The van der Waals surface area contributed by atoms with E-state index in [1.807, 2.05) is 6.07 Å². The maximum atomic E-state index is 10.6. The van der Waals surface area contributed by atoms with Crippen LogP contribution in [0, 0.1) is 0 Å². The molecule has 19 heteroatoms. The van der Waals surface area contributed by atoms with Gasteiger partial charge in [-0.15, -0.1) is 0 Å². The van der Waals surface area contributed by atoms with Gasteiger partial charge in [0.15, 0.2) is 41.9 Å². The number of rotatable bonds is 14. The van der Waals surface area contributed by atoms with Gasteiger partial charge in [-0.05, 0) is 49.1 Å². The van der Waals surface area contributed by atoms with E-state index in [0.717, 1.165) is 5.56 Å². The Labute approximate surface area is 322 Å². The van der Waals surface area contributed by atoms with Crippen molar-refractivity contribution in [3.63, 3.8) is 0 Å². The summed E-state index contributed by atoms with van der Waals surface area (Å²) in [5.41, 5.74) is 2.13. The highest BCUT2D eigenvalue weighted by molar-refractivity contribution is 5.56. The van der Waals surface area contributed by atoms with Crippen molar-refractivity contribution in [2.75, 3.05) is 40.6 Å². The Morgan fingerprint density at radius 2 is 1.34 bits per heavy atom. The van der Waals surface area contributed by atoms with Gasteiger partial charge in [-0.3, -0.25) is 0 Å². The van der Waals surface area contributed by atoms with Gasteiger partial charge in [0.25, 0.3) is 0 Å². The predicted octanol–water partition coefficient (Wildman–Crippen LogP) is -2.32. The van der Waals surface area contributed by atoms with Crippen LogP contribution in [-0.4, -0.2) is 178 Å². The van der Waals surface area contributed by atoms with E-state index in [2.05, 4.69) is 0 Å². The molecule has 0 bridgehead atoms. The molecule has 6 rings (SSSR count). The highest BCUT2D eigenvalue weighted by Crippen LogP contribution is 2.52. The number of aryl methyl sites for hydroxylation is 1. The van der Waals surface area contributed by atoms with Crippen LogP contribution in [-0.2, 0) is 34.8 Å². The van der Waals surface area contributed by atoms with Crippen molar-refractivity contribution in [1.29, 1.82) is 0 Å². The Morgan fingerprint density at radius 3 is 2.05 bits per heavy atom. The number of aromatic hydroxyl groups is 1. The van der Waals surface area contributed by atoms with Crippen molar-refractivity contribution >= 4 is 0 Å². The van der Waals surface area contributed by atoms with Crippen LogP contribution in [0.2, 0.25) is 0 Å². The summed E-state index contributed by atoms with van der Waals surface area (Å²) in [6.07, 6.45) is -19.5. The zero-order valence-electron chi connectivity index (χ0n) is 31.0. The van der Waals surface area contributed by atoms with Gasteiger partial charge >= 0.3 is 0 Å². The average Bonchev–Trinajstić information content (AvgIpc) is 3.56. The fourth-order valence-corrected chi connectivity index (χ4v) is 7.23. The van der Waals surface area contributed by atoms with Crippen molar-refractivity contribution in [2.24, 2.45) is 0 Å². The first-order chi connectivity index (χ1) is 26.7. The molecule has 0 saturated carbocycles. The molecular formula is C37H52O19. The summed E-state index contributed by atoms with van der Waals surface area (Å²) >= 11 is 0. The first-order valence-corrected chi connectivity index (χ1v) is 18.4. The van der Waals surface area contributed by atoms with Crippen LogP contribution in [0.25, 0.3) is 0 Å². The molecule has 56 heavy (non-hydrogen) atoms. The van der Waals surface area contributed by atoms with Gasteiger partial charge < -0.3 is 93.7 Å². The van der Waals surface area contributed by atoms with Crippen molar-refractivity contribution < 1.29 is 93.7 Å². The topological polar surface area (TPSA) is 285 Å². The second kappa shape index (κ2) is 18.3. The molecule has 0 spiro atoms. The first kappa shape index (κ1) is 42.6. The van der Waals surface area contributed by atoms with E-state index < -0.39 is 105 Å². The number of benzene rings is 2. The molecule has 16 atom stereocenters. The lowest BCUT2D eigenvalue weighted by Crippen LogP contribution is -2.61. The average molecular weight is 801 g/mol. The van der Waals surface area contributed by atoms with Crippen molar-refractivity contribution in [1.82, 2.24) is 0 Å². The summed E-state index contributed by atoms with van der Waals surface area (Å²) in [5, 5.41) is 103. The largest absolute Gasteiger partial charge is 0.504 e. The number of aliphatic hydroxyl groups excluding tert-OH is 9. The minimum Gasteiger partial charge on any atom is -0.504 e. The highest BCUT2D eigenvalue weighted by Gasteiger charge is 2.47. The number of ether oxygens (including phenoxy) is 9. The number of aliphatic hydroxyl groups is 9. The number of hydrogen-bond acceptors (Lipinski definition) is 19. The van der Waals surface area contributed by atoms with Crippen LogP contribution in [0.1, 0.15) is 42.1 Å². The summed E-state index contributed by atoms with van der Waals surface area (Å²) in [6, 6.07) is 8.48. The van der Waals surface area contributed by atoms with Crippen molar-refractivity contribution in [3.8, 4) is 23.0 Å². The maximum absolute atomic E-state index is 10.6. The summed E-state index contributed by atoms with van der Waals surface area (Å²) in [7, 11) is 2.91. The van der Waals surface area contributed by atoms with E-state index in [1.54, 1.807) is 18.2 Å². The molecule has 4 heterocycles. The van der Waals surface area contributed by atoms with Crippen molar-refractivity contribution in [3.05, 3.63) is 47.0 Å². The molecule has 3 fully saturated rings. The molecule has 16 unspecified atom stereocenters. The van der Waals surface area contributed by atoms with Gasteiger partial charge in [-0.25, -0.2) is 0 Å². The summed E-state index contributed by atoms with van der Waals surface area (Å²) in [6.45, 7) is 0.789. The summed E-state index contributed by atoms with van der Waals surface area (Å²) in [4.78, 5) is 0. The Bertz CT molecular complexity index is 1600. The molecule has 314 valence electrons. The first-order valence-electron chi connectivity index (χ1n) is 18.4. The summed E-state index contributed by atoms with van der Waals surface area (Å²) < 4.78 is 51.4. The molecular weight excluding hydrogens is 748 g/mol. The van der Waals surface area contributed by atoms with Gasteiger partial charge in [0.2, 0.25) is 0 Å². The molecule has 0 radical (unpaired) electrons. The highest BCUT2D eigenvalue weighted by atomic mass is 16.7. The second-order valence-corrected chi connectivity index (χ2v) is 14.4. The van der Waals surface area contributed by atoms with E-state index in [-0.39, 0.29) is 31.3 Å². The predicted molar refractivity (Wildman–Crippen MR) is 187 cm³/mol. The third-order valence-corrected chi connectivity index (χ3v) is 10.6. The molecule has 19 nitrogen and oxygen atoms in total. The van der Waals surface area contributed by atoms with E-state index in [9.17, 15) is 51.1 Å². The molecule has 10 N–H and O–H groups in total. The SMILES string of the molecule is COc1cc(C2Oc3c(OC)cc(CCCOC4OC(COC5OC(C)C(O)C(O)C5O)C(O)C(O)C4O)cc3C2COC2OCC(O)C(O)C2O)ccc1O. The molecule has 4 aliphatic heterocycles. The Kier molecular flexibility index (Phi) is 13.9.